The number of urea groups is 1. The lowest BCUT2D eigenvalue weighted by Gasteiger charge is -2.36. The highest BCUT2D eigenvalue weighted by atomic mass is 16.5. The van der Waals surface area contributed by atoms with Crippen molar-refractivity contribution in [1.29, 1.82) is 0 Å². The van der Waals surface area contributed by atoms with Gasteiger partial charge in [-0.05, 0) is 56.8 Å². The van der Waals surface area contributed by atoms with Crippen LogP contribution in [0.3, 0.4) is 0 Å². The number of piperazine rings is 1. The summed E-state index contributed by atoms with van der Waals surface area (Å²) in [6.45, 7) is 9.85. The third kappa shape index (κ3) is 6.08. The van der Waals surface area contributed by atoms with Gasteiger partial charge in [-0.25, -0.2) is 4.79 Å². The Kier molecular flexibility index (Phi) is 8.26. The predicted molar refractivity (Wildman–Crippen MR) is 134 cm³/mol. The van der Waals surface area contributed by atoms with E-state index in [0.717, 1.165) is 94.0 Å². The Morgan fingerprint density at radius 3 is 2.48 bits per heavy atom. The number of benzene rings is 1. The van der Waals surface area contributed by atoms with E-state index in [9.17, 15) is 4.79 Å². The van der Waals surface area contributed by atoms with Crippen molar-refractivity contribution in [2.75, 3.05) is 64.8 Å². The number of rotatable bonds is 9. The number of hydrogen-bond donors (Lipinski definition) is 1. The zero-order valence-electron chi connectivity index (χ0n) is 20.3. The monoisotopic (exact) mass is 453 g/mol. The molecule has 1 aromatic carbocycles. The van der Waals surface area contributed by atoms with E-state index in [-0.39, 0.29) is 6.03 Å². The van der Waals surface area contributed by atoms with E-state index in [1.807, 2.05) is 28.1 Å². The summed E-state index contributed by atoms with van der Waals surface area (Å²) in [6, 6.07) is 6.40. The van der Waals surface area contributed by atoms with Gasteiger partial charge in [0, 0.05) is 63.5 Å². The smallest absolute Gasteiger partial charge is 0.320 e. The van der Waals surface area contributed by atoms with E-state index >= 15 is 0 Å². The molecule has 3 heterocycles. The molecule has 0 atom stereocenters. The molecule has 180 valence electrons. The van der Waals surface area contributed by atoms with Gasteiger partial charge in [0.15, 0.2) is 0 Å². The lowest BCUT2D eigenvalue weighted by atomic mass is 10.1. The van der Waals surface area contributed by atoms with Crippen molar-refractivity contribution in [1.82, 2.24) is 19.7 Å². The maximum absolute atomic E-state index is 12.5. The van der Waals surface area contributed by atoms with Gasteiger partial charge in [0.25, 0.3) is 0 Å². The zero-order valence-corrected chi connectivity index (χ0v) is 20.3. The van der Waals surface area contributed by atoms with E-state index in [1.54, 1.807) is 7.11 Å². The minimum Gasteiger partial charge on any atom is -0.497 e. The summed E-state index contributed by atoms with van der Waals surface area (Å²) < 4.78 is 5.48. The first-order valence-corrected chi connectivity index (χ1v) is 12.6. The van der Waals surface area contributed by atoms with Crippen LogP contribution in [-0.2, 0) is 0 Å². The molecule has 0 bridgehead atoms. The average molecular weight is 454 g/mol. The van der Waals surface area contributed by atoms with Crippen LogP contribution < -0.4 is 10.1 Å². The largest absolute Gasteiger partial charge is 0.497 e. The van der Waals surface area contributed by atoms with Crippen LogP contribution in [-0.4, -0.2) is 85.2 Å². The number of amides is 2. The molecule has 2 aliphatic heterocycles. The summed E-state index contributed by atoms with van der Waals surface area (Å²) >= 11 is 0. The van der Waals surface area contributed by atoms with E-state index in [2.05, 4.69) is 28.2 Å². The number of pyridine rings is 1. The number of unbranched alkanes of at least 4 members (excludes halogenated alkanes) is 3. The van der Waals surface area contributed by atoms with Crippen LogP contribution in [0.25, 0.3) is 10.9 Å². The van der Waals surface area contributed by atoms with E-state index in [1.165, 1.54) is 24.8 Å². The van der Waals surface area contributed by atoms with Crippen LogP contribution in [0.15, 0.2) is 24.4 Å². The topological polar surface area (TPSA) is 60.9 Å². The molecule has 4 rings (SSSR count). The Labute approximate surface area is 198 Å². The van der Waals surface area contributed by atoms with Gasteiger partial charge in [0.05, 0.1) is 18.3 Å². The highest BCUT2D eigenvalue weighted by molar-refractivity contribution is 5.93. The third-order valence-corrected chi connectivity index (χ3v) is 7.01. The molecule has 2 fully saturated rings. The van der Waals surface area contributed by atoms with Gasteiger partial charge < -0.3 is 19.9 Å². The van der Waals surface area contributed by atoms with Gasteiger partial charge in [-0.15, -0.1) is 0 Å². The van der Waals surface area contributed by atoms with Gasteiger partial charge in [-0.1, -0.05) is 12.8 Å². The van der Waals surface area contributed by atoms with Crippen molar-refractivity contribution < 1.29 is 9.53 Å². The fraction of sp³-hybridized carbons (Fsp3) is 0.615. The summed E-state index contributed by atoms with van der Waals surface area (Å²) in [4.78, 5) is 23.7. The van der Waals surface area contributed by atoms with E-state index < -0.39 is 0 Å². The summed E-state index contributed by atoms with van der Waals surface area (Å²) in [7, 11) is 1.71. The number of carbonyl (C=O) groups excluding carboxylic acids is 1. The lowest BCUT2D eigenvalue weighted by molar-refractivity contribution is 0.117. The maximum Gasteiger partial charge on any atom is 0.320 e. The van der Waals surface area contributed by atoms with E-state index in [4.69, 9.17) is 4.74 Å². The number of nitrogens with one attached hydrogen (secondary N) is 1. The molecule has 0 saturated carbocycles. The molecule has 0 unspecified atom stereocenters. The van der Waals surface area contributed by atoms with Crippen LogP contribution in [0.2, 0.25) is 0 Å². The van der Waals surface area contributed by atoms with Crippen molar-refractivity contribution in [3.05, 3.63) is 30.0 Å². The van der Waals surface area contributed by atoms with Crippen molar-refractivity contribution in [2.24, 2.45) is 0 Å². The van der Waals surface area contributed by atoms with Crippen LogP contribution in [0.4, 0.5) is 10.5 Å². The number of fused-ring (bicyclic) bond motifs is 1. The Morgan fingerprint density at radius 2 is 1.73 bits per heavy atom. The molecule has 2 aromatic rings. The Hall–Kier alpha value is -2.54. The number of hydrogen-bond acceptors (Lipinski definition) is 5. The number of ether oxygens (including phenoxy) is 1. The summed E-state index contributed by atoms with van der Waals surface area (Å²) in [5.74, 6) is 0.864. The van der Waals surface area contributed by atoms with Crippen molar-refractivity contribution in [3.8, 4) is 5.75 Å². The third-order valence-electron chi connectivity index (χ3n) is 7.01. The van der Waals surface area contributed by atoms with Gasteiger partial charge in [0.1, 0.15) is 5.75 Å². The molecule has 0 radical (unpaired) electrons. The molecular weight excluding hydrogens is 414 g/mol. The first kappa shape index (κ1) is 23.6. The quantitative estimate of drug-likeness (QED) is 0.572. The van der Waals surface area contributed by atoms with Crippen LogP contribution >= 0.6 is 0 Å². The number of likely N-dealkylation sites (tertiary alicyclic amines) is 1. The maximum atomic E-state index is 12.5. The minimum atomic E-state index is 0.258. The lowest BCUT2D eigenvalue weighted by Crippen LogP contribution is -2.52. The zero-order chi connectivity index (χ0) is 23.0. The van der Waals surface area contributed by atoms with Crippen molar-refractivity contribution >= 4 is 22.6 Å². The van der Waals surface area contributed by atoms with Gasteiger partial charge in [-0.2, -0.15) is 0 Å². The number of aromatic nitrogens is 1. The SMILES string of the molecule is COc1cc(NCCCCCCN2CCN(C(=O)N3CCCC3)CC2)c2nccc(C)c2c1. The first-order valence-electron chi connectivity index (χ1n) is 12.6. The standard InChI is InChI=1S/C26H39N5O2/c1-21-9-11-28-25-23(21)19-22(33-2)20-24(25)27-10-5-3-4-6-12-29-15-17-31(18-16-29)26(32)30-13-7-8-14-30/h9,11,19-20,27H,3-8,10,12-18H2,1-2H3. The average Bonchev–Trinajstić information content (AvgIpc) is 3.39. The molecule has 1 N–H and O–H groups in total. The molecule has 33 heavy (non-hydrogen) atoms. The van der Waals surface area contributed by atoms with Crippen LogP contribution in [0, 0.1) is 6.92 Å². The van der Waals surface area contributed by atoms with Gasteiger partial charge in [0.2, 0.25) is 0 Å². The number of aryl methyl sites for hydroxylation is 1. The van der Waals surface area contributed by atoms with Crippen molar-refractivity contribution in [3.63, 3.8) is 0 Å². The normalized spacial score (nSPS) is 17.0. The summed E-state index contributed by atoms with van der Waals surface area (Å²) in [5.41, 5.74) is 3.27. The molecule has 7 nitrogen and oxygen atoms in total. The molecular formula is C26H39N5O2. The van der Waals surface area contributed by atoms with Crippen LogP contribution in [0.5, 0.6) is 5.75 Å². The number of methoxy groups -OCH3 is 1. The predicted octanol–water partition coefficient (Wildman–Crippen LogP) is 4.36. The number of nitrogens with zero attached hydrogens (tertiary/aromatic N) is 4. The van der Waals surface area contributed by atoms with Crippen molar-refractivity contribution in [2.45, 2.75) is 45.4 Å². The first-order chi connectivity index (χ1) is 16.2. The molecule has 2 saturated heterocycles. The second-order valence-corrected chi connectivity index (χ2v) is 9.35. The molecule has 7 heteroatoms. The Balaban J connectivity index is 1.12. The van der Waals surface area contributed by atoms with Crippen LogP contribution in [0.1, 0.15) is 44.1 Å². The Bertz CT molecular complexity index is 920. The highest BCUT2D eigenvalue weighted by Crippen LogP contribution is 2.29. The number of carbonyl (C=O) groups is 1. The Morgan fingerprint density at radius 1 is 1.00 bits per heavy atom. The minimum absolute atomic E-state index is 0.258. The van der Waals surface area contributed by atoms with E-state index in [0.29, 0.717) is 0 Å². The fourth-order valence-corrected chi connectivity index (χ4v) is 4.92. The van der Waals surface area contributed by atoms with Gasteiger partial charge >= 0.3 is 6.03 Å². The highest BCUT2D eigenvalue weighted by Gasteiger charge is 2.26. The summed E-state index contributed by atoms with van der Waals surface area (Å²) in [6.07, 6.45) is 9.02. The molecule has 2 amide bonds. The molecule has 2 aliphatic rings. The summed E-state index contributed by atoms with van der Waals surface area (Å²) in [5, 5.41) is 4.71. The second-order valence-electron chi connectivity index (χ2n) is 9.35. The number of anilines is 1. The molecule has 0 spiro atoms. The molecule has 1 aromatic heterocycles. The second kappa shape index (κ2) is 11.5. The molecule has 0 aliphatic carbocycles. The fourth-order valence-electron chi connectivity index (χ4n) is 4.92. The van der Waals surface area contributed by atoms with Gasteiger partial charge in [-0.3, -0.25) is 9.88 Å².